The zero-order valence-corrected chi connectivity index (χ0v) is 11.1. The van der Waals surface area contributed by atoms with Crippen LogP contribution in [0.1, 0.15) is 39.3 Å². The van der Waals surface area contributed by atoms with Crippen LogP contribution in [0.5, 0.6) is 5.88 Å². The summed E-state index contributed by atoms with van der Waals surface area (Å²) in [7, 11) is 0. The van der Waals surface area contributed by atoms with Gasteiger partial charge in [-0.1, -0.05) is 6.07 Å². The lowest BCUT2D eigenvalue weighted by Crippen LogP contribution is -2.23. The molecule has 2 N–H and O–H groups in total. The van der Waals surface area contributed by atoms with Gasteiger partial charge in [0.1, 0.15) is 6.61 Å². The summed E-state index contributed by atoms with van der Waals surface area (Å²) in [5, 5.41) is 0. The molecule has 0 aliphatic heterocycles. The van der Waals surface area contributed by atoms with Crippen LogP contribution in [0.4, 0.5) is 0 Å². The molecule has 0 aliphatic rings. The van der Waals surface area contributed by atoms with E-state index in [1.54, 1.807) is 6.20 Å². The molecule has 0 aromatic carbocycles. The monoisotopic (exact) mass is 238 g/mol. The Morgan fingerprint density at radius 1 is 1.35 bits per heavy atom. The highest BCUT2D eigenvalue weighted by Gasteiger charge is 2.11. The maximum atomic E-state index is 5.84. The van der Waals surface area contributed by atoms with Gasteiger partial charge in [0.2, 0.25) is 5.88 Å². The van der Waals surface area contributed by atoms with Gasteiger partial charge in [-0.15, -0.1) is 0 Å². The SMILES string of the molecule is C[C@@H](N)c1cccnc1OCCOC(C)(C)C. The Balaban J connectivity index is 2.47. The second kappa shape index (κ2) is 5.98. The van der Waals surface area contributed by atoms with Gasteiger partial charge in [0.15, 0.2) is 0 Å². The minimum absolute atomic E-state index is 0.0813. The topological polar surface area (TPSA) is 57.4 Å². The van der Waals surface area contributed by atoms with E-state index in [1.165, 1.54) is 0 Å². The molecule has 4 heteroatoms. The number of hydrogen-bond donors (Lipinski definition) is 1. The van der Waals surface area contributed by atoms with Crippen molar-refractivity contribution in [2.45, 2.75) is 39.3 Å². The number of pyridine rings is 1. The first kappa shape index (κ1) is 13.9. The summed E-state index contributed by atoms with van der Waals surface area (Å²) in [5.41, 5.74) is 6.62. The van der Waals surface area contributed by atoms with E-state index < -0.39 is 0 Å². The van der Waals surface area contributed by atoms with Crippen LogP contribution in [0.2, 0.25) is 0 Å². The number of ether oxygens (including phenoxy) is 2. The molecule has 0 unspecified atom stereocenters. The van der Waals surface area contributed by atoms with Crippen LogP contribution < -0.4 is 10.5 Å². The highest BCUT2D eigenvalue weighted by atomic mass is 16.5. The lowest BCUT2D eigenvalue weighted by atomic mass is 10.1. The molecule has 0 saturated carbocycles. The van der Waals surface area contributed by atoms with Gasteiger partial charge in [-0.05, 0) is 33.8 Å². The third kappa shape index (κ3) is 5.15. The van der Waals surface area contributed by atoms with Crippen molar-refractivity contribution in [1.29, 1.82) is 0 Å². The Morgan fingerprint density at radius 3 is 2.65 bits per heavy atom. The Hall–Kier alpha value is -1.13. The third-order valence-electron chi connectivity index (χ3n) is 2.15. The Labute approximate surface area is 103 Å². The molecule has 0 saturated heterocycles. The lowest BCUT2D eigenvalue weighted by molar-refractivity contribution is -0.0169. The van der Waals surface area contributed by atoms with Gasteiger partial charge in [0.05, 0.1) is 12.2 Å². The first-order valence-electron chi connectivity index (χ1n) is 5.87. The predicted molar refractivity (Wildman–Crippen MR) is 68.0 cm³/mol. The van der Waals surface area contributed by atoms with Crippen LogP contribution >= 0.6 is 0 Å². The lowest BCUT2D eigenvalue weighted by Gasteiger charge is -2.20. The first-order chi connectivity index (χ1) is 7.90. The summed E-state index contributed by atoms with van der Waals surface area (Å²) >= 11 is 0. The molecule has 0 aliphatic carbocycles. The summed E-state index contributed by atoms with van der Waals surface area (Å²) in [6.07, 6.45) is 1.70. The highest BCUT2D eigenvalue weighted by molar-refractivity contribution is 5.27. The second-order valence-electron chi connectivity index (χ2n) is 5.00. The summed E-state index contributed by atoms with van der Waals surface area (Å²) in [6.45, 7) is 8.98. The number of nitrogens with two attached hydrogens (primary N) is 1. The van der Waals surface area contributed by atoms with Gasteiger partial charge in [-0.25, -0.2) is 4.98 Å². The van der Waals surface area contributed by atoms with Crippen LogP contribution in [0, 0.1) is 0 Å². The van der Waals surface area contributed by atoms with Crippen molar-refractivity contribution in [1.82, 2.24) is 4.98 Å². The fourth-order valence-electron chi connectivity index (χ4n) is 1.36. The molecule has 0 fully saturated rings. The van der Waals surface area contributed by atoms with E-state index in [2.05, 4.69) is 4.98 Å². The summed E-state index contributed by atoms with van der Waals surface area (Å²) in [4.78, 5) is 4.18. The molecule has 1 aromatic heterocycles. The number of aromatic nitrogens is 1. The van der Waals surface area contributed by atoms with Gasteiger partial charge in [-0.3, -0.25) is 0 Å². The van der Waals surface area contributed by atoms with Gasteiger partial charge >= 0.3 is 0 Å². The molecule has 1 heterocycles. The third-order valence-corrected chi connectivity index (χ3v) is 2.15. The van der Waals surface area contributed by atoms with Crippen molar-refractivity contribution in [2.75, 3.05) is 13.2 Å². The maximum Gasteiger partial charge on any atom is 0.218 e. The molecule has 0 radical (unpaired) electrons. The Morgan fingerprint density at radius 2 is 2.06 bits per heavy atom. The van der Waals surface area contributed by atoms with Crippen molar-refractivity contribution in [2.24, 2.45) is 5.73 Å². The van der Waals surface area contributed by atoms with Gasteiger partial charge in [-0.2, -0.15) is 0 Å². The van der Waals surface area contributed by atoms with Crippen molar-refractivity contribution >= 4 is 0 Å². The molecule has 0 amide bonds. The quantitative estimate of drug-likeness (QED) is 0.800. The Bertz CT molecular complexity index is 346. The average Bonchev–Trinajstić information content (AvgIpc) is 2.23. The number of nitrogens with zero attached hydrogens (tertiary/aromatic N) is 1. The van der Waals surface area contributed by atoms with E-state index in [0.717, 1.165) is 5.56 Å². The molecule has 96 valence electrons. The van der Waals surface area contributed by atoms with E-state index in [4.69, 9.17) is 15.2 Å². The summed E-state index contributed by atoms with van der Waals surface area (Å²) in [5.74, 6) is 0.597. The molecule has 4 nitrogen and oxygen atoms in total. The van der Waals surface area contributed by atoms with Crippen molar-refractivity contribution in [3.8, 4) is 5.88 Å². The molecule has 0 bridgehead atoms. The molecule has 1 aromatic rings. The summed E-state index contributed by atoms with van der Waals surface area (Å²) < 4.78 is 11.1. The van der Waals surface area contributed by atoms with Crippen LogP contribution in [0.15, 0.2) is 18.3 Å². The second-order valence-corrected chi connectivity index (χ2v) is 5.00. The van der Waals surface area contributed by atoms with E-state index in [9.17, 15) is 0 Å². The number of rotatable bonds is 5. The predicted octanol–water partition coefficient (Wildman–Crippen LogP) is 2.30. The molecule has 17 heavy (non-hydrogen) atoms. The normalized spacial score (nSPS) is 13.5. The van der Waals surface area contributed by atoms with Crippen LogP contribution in [-0.4, -0.2) is 23.8 Å². The van der Waals surface area contributed by atoms with Gasteiger partial charge in [0, 0.05) is 17.8 Å². The Kier molecular flexibility index (Phi) is 4.90. The first-order valence-corrected chi connectivity index (χ1v) is 5.87. The zero-order chi connectivity index (χ0) is 12.9. The van der Waals surface area contributed by atoms with Crippen molar-refractivity contribution in [3.63, 3.8) is 0 Å². The van der Waals surface area contributed by atoms with Crippen LogP contribution in [0.3, 0.4) is 0 Å². The van der Waals surface area contributed by atoms with Crippen LogP contribution in [0.25, 0.3) is 0 Å². The molecular weight excluding hydrogens is 216 g/mol. The molecule has 1 rings (SSSR count). The smallest absolute Gasteiger partial charge is 0.218 e. The van der Waals surface area contributed by atoms with E-state index in [1.807, 2.05) is 39.8 Å². The van der Waals surface area contributed by atoms with Crippen molar-refractivity contribution in [3.05, 3.63) is 23.9 Å². The maximum absolute atomic E-state index is 5.84. The molecule has 1 atom stereocenters. The fourth-order valence-corrected chi connectivity index (χ4v) is 1.36. The van der Waals surface area contributed by atoms with Gasteiger partial charge in [0.25, 0.3) is 0 Å². The molecular formula is C13H22N2O2. The number of hydrogen-bond acceptors (Lipinski definition) is 4. The summed E-state index contributed by atoms with van der Waals surface area (Å²) in [6, 6.07) is 3.71. The average molecular weight is 238 g/mol. The minimum Gasteiger partial charge on any atom is -0.475 e. The fraction of sp³-hybridized carbons (Fsp3) is 0.615. The van der Waals surface area contributed by atoms with Crippen molar-refractivity contribution < 1.29 is 9.47 Å². The molecule has 0 spiro atoms. The zero-order valence-electron chi connectivity index (χ0n) is 11.1. The van der Waals surface area contributed by atoms with Gasteiger partial charge < -0.3 is 15.2 Å². The van der Waals surface area contributed by atoms with E-state index in [0.29, 0.717) is 19.1 Å². The van der Waals surface area contributed by atoms with E-state index in [-0.39, 0.29) is 11.6 Å². The standard InChI is InChI=1S/C13H22N2O2/c1-10(14)11-6-5-7-15-12(11)16-8-9-17-13(2,3)4/h5-7,10H,8-9,14H2,1-4H3/t10-/m1/s1. The minimum atomic E-state index is -0.141. The largest absolute Gasteiger partial charge is 0.475 e. The van der Waals surface area contributed by atoms with Crippen LogP contribution in [-0.2, 0) is 4.74 Å². The van der Waals surface area contributed by atoms with E-state index >= 15 is 0 Å². The highest BCUT2D eigenvalue weighted by Crippen LogP contribution is 2.20.